The van der Waals surface area contributed by atoms with Crippen molar-refractivity contribution in [1.29, 1.82) is 0 Å². The molecule has 0 aromatic heterocycles. The van der Waals surface area contributed by atoms with Gasteiger partial charge < -0.3 is 45.2 Å². The third-order valence-corrected chi connectivity index (χ3v) is 3.39. The Hall–Kier alpha value is -1.62. The maximum absolute atomic E-state index is 9.77. The second-order valence-electron chi connectivity index (χ2n) is 4.99. The second-order valence-corrected chi connectivity index (χ2v) is 4.99. The monoisotopic (exact) mass is 318 g/mol. The molecule has 7 N–H and O–H groups in total. The van der Waals surface area contributed by atoms with E-state index in [1.165, 1.54) is 0 Å². The molecule has 0 bridgehead atoms. The first-order valence-corrected chi connectivity index (χ1v) is 6.51. The van der Waals surface area contributed by atoms with Gasteiger partial charge in [0.25, 0.3) is 0 Å². The molecule has 9 nitrogen and oxygen atoms in total. The Labute approximate surface area is 125 Å². The number of aromatic hydroxyl groups is 3. The predicted octanol–water partition coefficient (Wildman–Crippen LogP) is -1.88. The highest BCUT2D eigenvalue weighted by molar-refractivity contribution is 5.50. The number of aliphatic hydroxyl groups excluding tert-OH is 4. The molecule has 1 aromatic carbocycles. The molecule has 2 rings (SSSR count). The van der Waals surface area contributed by atoms with Crippen molar-refractivity contribution in [3.05, 3.63) is 17.7 Å². The van der Waals surface area contributed by atoms with Crippen LogP contribution in [0.15, 0.2) is 12.1 Å². The van der Waals surface area contributed by atoms with E-state index in [0.29, 0.717) is 0 Å². The molecule has 1 saturated heterocycles. The summed E-state index contributed by atoms with van der Waals surface area (Å²) in [4.78, 5) is 0. The molecule has 1 aromatic rings. The maximum atomic E-state index is 9.77. The molecule has 0 spiro atoms. The van der Waals surface area contributed by atoms with Gasteiger partial charge in [0.1, 0.15) is 24.4 Å². The summed E-state index contributed by atoms with van der Waals surface area (Å²) in [7, 11) is 0. The first-order valence-electron chi connectivity index (χ1n) is 6.51. The predicted molar refractivity (Wildman–Crippen MR) is 70.0 cm³/mol. The van der Waals surface area contributed by atoms with Crippen molar-refractivity contribution in [3.63, 3.8) is 0 Å². The fourth-order valence-electron chi connectivity index (χ4n) is 2.13. The molecule has 1 heterocycles. The molecule has 9 heteroatoms. The quantitative estimate of drug-likeness (QED) is 0.315. The molecule has 1 fully saturated rings. The highest BCUT2D eigenvalue weighted by Gasteiger charge is 2.43. The number of aliphatic hydroxyl groups is 4. The minimum atomic E-state index is -1.56. The van der Waals surface area contributed by atoms with Gasteiger partial charge >= 0.3 is 0 Å². The van der Waals surface area contributed by atoms with E-state index in [0.717, 1.165) is 12.1 Å². The fraction of sp³-hybridized carbons (Fsp3) is 0.538. The van der Waals surface area contributed by atoms with Crippen LogP contribution in [-0.4, -0.2) is 73.1 Å². The Bertz CT molecular complexity index is 495. The number of benzene rings is 1. The zero-order valence-corrected chi connectivity index (χ0v) is 11.4. The van der Waals surface area contributed by atoms with Crippen molar-refractivity contribution < 1.29 is 45.2 Å². The van der Waals surface area contributed by atoms with Crippen LogP contribution < -0.4 is 0 Å². The van der Waals surface area contributed by atoms with E-state index in [4.69, 9.17) is 14.6 Å². The van der Waals surface area contributed by atoms with Gasteiger partial charge in [0.2, 0.25) is 0 Å². The number of phenolic OH excluding ortho intramolecular Hbond substituents is 3. The molecule has 1 unspecified atom stereocenters. The molecule has 22 heavy (non-hydrogen) atoms. The van der Waals surface area contributed by atoms with E-state index in [9.17, 15) is 30.6 Å². The van der Waals surface area contributed by atoms with E-state index < -0.39 is 54.6 Å². The van der Waals surface area contributed by atoms with E-state index >= 15 is 0 Å². The Kier molecular flexibility index (Phi) is 5.06. The van der Waals surface area contributed by atoms with Crippen LogP contribution in [0.3, 0.4) is 0 Å². The minimum Gasteiger partial charge on any atom is -0.504 e. The first kappa shape index (κ1) is 16.7. The topological polar surface area (TPSA) is 160 Å². The Morgan fingerprint density at radius 1 is 0.955 bits per heavy atom. The van der Waals surface area contributed by atoms with Gasteiger partial charge in [-0.1, -0.05) is 0 Å². The van der Waals surface area contributed by atoms with Crippen LogP contribution in [0.25, 0.3) is 0 Å². The Morgan fingerprint density at radius 2 is 1.55 bits per heavy atom. The lowest BCUT2D eigenvalue weighted by molar-refractivity contribution is -0.304. The van der Waals surface area contributed by atoms with Gasteiger partial charge in [0.05, 0.1) is 13.2 Å². The average molecular weight is 318 g/mol. The van der Waals surface area contributed by atoms with Gasteiger partial charge in [-0.3, -0.25) is 0 Å². The zero-order chi connectivity index (χ0) is 16.4. The van der Waals surface area contributed by atoms with E-state index in [1.54, 1.807) is 0 Å². The lowest BCUT2D eigenvalue weighted by atomic mass is 9.99. The summed E-state index contributed by atoms with van der Waals surface area (Å²) in [5, 5.41) is 66.0. The van der Waals surface area contributed by atoms with Crippen LogP contribution in [0.5, 0.6) is 17.2 Å². The van der Waals surface area contributed by atoms with E-state index in [1.807, 2.05) is 0 Å². The van der Waals surface area contributed by atoms with Crippen molar-refractivity contribution in [2.24, 2.45) is 0 Å². The Balaban J connectivity index is 2.04. The van der Waals surface area contributed by atoms with Crippen LogP contribution in [0.1, 0.15) is 5.56 Å². The van der Waals surface area contributed by atoms with E-state index in [-0.39, 0.29) is 12.2 Å². The molecule has 0 saturated carbocycles. The molecule has 5 atom stereocenters. The summed E-state index contributed by atoms with van der Waals surface area (Å²) in [5.74, 6) is -1.77. The molecule has 124 valence electrons. The average Bonchev–Trinajstić information content (AvgIpc) is 2.49. The van der Waals surface area contributed by atoms with Crippen molar-refractivity contribution in [1.82, 2.24) is 0 Å². The SMILES string of the molecule is OC[C@H]1OC(OCc2cc(O)c(O)c(O)c2)[C@H](O)[C@@H](O)[C@@H]1O. The molecule has 1 aliphatic heterocycles. The summed E-state index contributed by atoms with van der Waals surface area (Å²) in [6, 6.07) is 2.28. The van der Waals surface area contributed by atoms with Crippen LogP contribution in [0.2, 0.25) is 0 Å². The van der Waals surface area contributed by atoms with Crippen LogP contribution in [0, 0.1) is 0 Å². The van der Waals surface area contributed by atoms with E-state index in [2.05, 4.69) is 0 Å². The van der Waals surface area contributed by atoms with Gasteiger partial charge in [-0.2, -0.15) is 0 Å². The summed E-state index contributed by atoms with van der Waals surface area (Å²) in [5.41, 5.74) is 0.268. The van der Waals surface area contributed by atoms with Gasteiger partial charge in [0, 0.05) is 0 Å². The third kappa shape index (κ3) is 3.24. The molecule has 1 aliphatic rings. The summed E-state index contributed by atoms with van der Waals surface area (Å²) in [6.07, 6.45) is -7.00. The first-order chi connectivity index (χ1) is 10.3. The normalized spacial score (nSPS) is 32.1. The smallest absolute Gasteiger partial charge is 0.200 e. The van der Waals surface area contributed by atoms with Crippen LogP contribution in [-0.2, 0) is 16.1 Å². The van der Waals surface area contributed by atoms with Crippen LogP contribution >= 0.6 is 0 Å². The second kappa shape index (κ2) is 6.65. The lowest BCUT2D eigenvalue weighted by Gasteiger charge is -2.39. The summed E-state index contributed by atoms with van der Waals surface area (Å²) >= 11 is 0. The maximum Gasteiger partial charge on any atom is 0.200 e. The van der Waals surface area contributed by atoms with Gasteiger partial charge in [-0.15, -0.1) is 0 Å². The summed E-state index contributed by atoms with van der Waals surface area (Å²) < 4.78 is 10.4. The van der Waals surface area contributed by atoms with Gasteiger partial charge in [-0.25, -0.2) is 0 Å². The highest BCUT2D eigenvalue weighted by atomic mass is 16.7. The van der Waals surface area contributed by atoms with Crippen molar-refractivity contribution in [2.75, 3.05) is 6.61 Å². The number of hydrogen-bond acceptors (Lipinski definition) is 9. The third-order valence-electron chi connectivity index (χ3n) is 3.39. The van der Waals surface area contributed by atoms with Crippen molar-refractivity contribution in [3.8, 4) is 17.2 Å². The van der Waals surface area contributed by atoms with Crippen molar-refractivity contribution >= 4 is 0 Å². The molecular weight excluding hydrogens is 300 g/mol. The van der Waals surface area contributed by atoms with Crippen LogP contribution in [0.4, 0.5) is 0 Å². The zero-order valence-electron chi connectivity index (χ0n) is 11.4. The number of phenols is 3. The lowest BCUT2D eigenvalue weighted by Crippen LogP contribution is -2.59. The number of hydrogen-bond donors (Lipinski definition) is 7. The fourth-order valence-corrected chi connectivity index (χ4v) is 2.13. The molecule has 0 radical (unpaired) electrons. The Morgan fingerprint density at radius 3 is 2.09 bits per heavy atom. The summed E-state index contributed by atoms with van der Waals surface area (Å²) in [6.45, 7) is -0.810. The standard InChI is InChI=1S/C13H18O9/c14-3-8-10(18)11(19)12(20)13(22-8)21-4-5-1-6(15)9(17)7(16)2-5/h1-2,8,10-20H,3-4H2/t8-,10-,11+,12-,13?/m1/s1. The highest BCUT2D eigenvalue weighted by Crippen LogP contribution is 2.35. The van der Waals surface area contributed by atoms with Crippen molar-refractivity contribution in [2.45, 2.75) is 37.3 Å². The number of rotatable bonds is 4. The molecular formula is C13H18O9. The minimum absolute atomic E-state index is 0.232. The largest absolute Gasteiger partial charge is 0.504 e. The molecule has 0 aliphatic carbocycles. The van der Waals surface area contributed by atoms with Gasteiger partial charge in [0.15, 0.2) is 23.5 Å². The van der Waals surface area contributed by atoms with Gasteiger partial charge in [-0.05, 0) is 17.7 Å². The number of ether oxygens (including phenoxy) is 2. The molecule has 0 amide bonds.